The molecule has 0 radical (unpaired) electrons. The van der Waals surface area contributed by atoms with Gasteiger partial charge in [0, 0.05) is 12.7 Å². The number of hydrogen-bond acceptors (Lipinski definition) is 5. The molecule has 8 heteroatoms. The summed E-state index contributed by atoms with van der Waals surface area (Å²) in [5, 5.41) is 14.9. The average molecular weight is 368 g/mol. The molecule has 138 valence electrons. The minimum absolute atomic E-state index is 0.106. The van der Waals surface area contributed by atoms with E-state index in [4.69, 9.17) is 5.73 Å². The number of nitrogens with zero attached hydrogens (tertiary/aromatic N) is 2. The monoisotopic (exact) mass is 368 g/mol. The highest BCUT2D eigenvalue weighted by Crippen LogP contribution is 2.32. The molecule has 2 aromatic carbocycles. The van der Waals surface area contributed by atoms with Gasteiger partial charge in [-0.2, -0.15) is 0 Å². The lowest BCUT2D eigenvalue weighted by Gasteiger charge is -2.16. The number of anilines is 1. The van der Waals surface area contributed by atoms with Gasteiger partial charge in [-0.15, -0.1) is 0 Å². The summed E-state index contributed by atoms with van der Waals surface area (Å²) in [5.41, 5.74) is 6.90. The highest BCUT2D eigenvalue weighted by Gasteiger charge is 2.21. The fourth-order valence-electron chi connectivity index (χ4n) is 2.89. The van der Waals surface area contributed by atoms with Gasteiger partial charge in [0.1, 0.15) is 11.5 Å². The predicted molar refractivity (Wildman–Crippen MR) is 99.7 cm³/mol. The first-order valence-corrected chi connectivity index (χ1v) is 8.25. The van der Waals surface area contributed by atoms with Crippen molar-refractivity contribution in [3.05, 3.63) is 76.2 Å². The Morgan fingerprint density at radius 3 is 2.63 bits per heavy atom. The molecule has 7 nitrogen and oxygen atoms in total. The molecule has 1 heterocycles. The van der Waals surface area contributed by atoms with Crippen LogP contribution in [-0.2, 0) is 11.2 Å². The summed E-state index contributed by atoms with van der Waals surface area (Å²) < 4.78 is 13.0. The molecular formula is C19H17FN4O3. The van der Waals surface area contributed by atoms with E-state index in [2.05, 4.69) is 10.3 Å². The molecule has 0 saturated heterocycles. The van der Waals surface area contributed by atoms with Crippen molar-refractivity contribution in [1.82, 2.24) is 4.98 Å². The second kappa shape index (κ2) is 7.77. The number of nitrogens with two attached hydrogens (primary N) is 1. The van der Waals surface area contributed by atoms with E-state index in [1.165, 1.54) is 12.1 Å². The number of hydrogen-bond donors (Lipinski definition) is 2. The number of nitro benzene ring substituents is 1. The van der Waals surface area contributed by atoms with Crippen molar-refractivity contribution in [2.45, 2.75) is 6.42 Å². The Balaban J connectivity index is 1.83. The third-order valence-corrected chi connectivity index (χ3v) is 4.28. The van der Waals surface area contributed by atoms with E-state index >= 15 is 0 Å². The third-order valence-electron chi connectivity index (χ3n) is 4.28. The average Bonchev–Trinajstić information content (AvgIpc) is 2.65. The molecule has 1 unspecified atom stereocenters. The van der Waals surface area contributed by atoms with Crippen LogP contribution in [0.5, 0.6) is 0 Å². The summed E-state index contributed by atoms with van der Waals surface area (Å²) in [7, 11) is 0. The van der Waals surface area contributed by atoms with E-state index in [0.717, 1.165) is 5.56 Å². The summed E-state index contributed by atoms with van der Waals surface area (Å²) in [6.45, 7) is 0.110. The summed E-state index contributed by atoms with van der Waals surface area (Å²) >= 11 is 0. The van der Waals surface area contributed by atoms with E-state index in [-0.39, 0.29) is 23.7 Å². The first kappa shape index (κ1) is 18.2. The van der Waals surface area contributed by atoms with E-state index in [9.17, 15) is 19.3 Å². The van der Waals surface area contributed by atoms with Gasteiger partial charge in [-0.3, -0.25) is 19.9 Å². The lowest BCUT2D eigenvalue weighted by molar-refractivity contribution is -0.382. The van der Waals surface area contributed by atoms with E-state index in [1.807, 2.05) is 0 Å². The van der Waals surface area contributed by atoms with Gasteiger partial charge in [-0.25, -0.2) is 4.39 Å². The van der Waals surface area contributed by atoms with Gasteiger partial charge in [0.25, 0.3) is 0 Å². The Kier molecular flexibility index (Phi) is 5.25. The fraction of sp³-hybridized carbons (Fsp3) is 0.158. The molecule has 0 bridgehead atoms. The summed E-state index contributed by atoms with van der Waals surface area (Å²) in [6.07, 6.45) is 1.86. The molecule has 1 amide bonds. The smallest absolute Gasteiger partial charge is 0.301 e. The van der Waals surface area contributed by atoms with Crippen molar-refractivity contribution in [1.29, 1.82) is 0 Å². The van der Waals surface area contributed by atoms with E-state index < -0.39 is 16.7 Å². The van der Waals surface area contributed by atoms with E-state index in [1.54, 1.807) is 42.6 Å². The van der Waals surface area contributed by atoms with Gasteiger partial charge in [0.05, 0.1) is 21.7 Å². The highest BCUT2D eigenvalue weighted by molar-refractivity contribution is 5.94. The van der Waals surface area contributed by atoms with Crippen molar-refractivity contribution in [3.63, 3.8) is 0 Å². The number of primary amides is 1. The van der Waals surface area contributed by atoms with Crippen molar-refractivity contribution < 1.29 is 14.1 Å². The lowest BCUT2D eigenvalue weighted by atomic mass is 9.98. The van der Waals surface area contributed by atoms with Gasteiger partial charge < -0.3 is 11.1 Å². The molecule has 3 aromatic rings. The zero-order valence-electron chi connectivity index (χ0n) is 14.3. The molecule has 0 spiro atoms. The zero-order valence-corrected chi connectivity index (χ0v) is 14.3. The molecule has 0 fully saturated rings. The van der Waals surface area contributed by atoms with Gasteiger partial charge in [-0.05, 0) is 48.4 Å². The van der Waals surface area contributed by atoms with Crippen LogP contribution in [0.3, 0.4) is 0 Å². The summed E-state index contributed by atoms with van der Waals surface area (Å²) in [6, 6.07) is 12.2. The van der Waals surface area contributed by atoms with Gasteiger partial charge >= 0.3 is 5.69 Å². The number of amides is 1. The predicted octanol–water partition coefficient (Wildman–Crippen LogP) is 3.04. The van der Waals surface area contributed by atoms with Crippen LogP contribution in [0.25, 0.3) is 10.9 Å². The van der Waals surface area contributed by atoms with Crippen molar-refractivity contribution in [2.75, 3.05) is 11.9 Å². The van der Waals surface area contributed by atoms with Crippen LogP contribution >= 0.6 is 0 Å². The number of nitrogens with one attached hydrogen (secondary N) is 1. The maximum Gasteiger partial charge on any atom is 0.301 e. The minimum Gasteiger partial charge on any atom is -0.379 e. The number of aromatic nitrogens is 1. The van der Waals surface area contributed by atoms with Gasteiger partial charge in [0.2, 0.25) is 5.91 Å². The van der Waals surface area contributed by atoms with Crippen molar-refractivity contribution in [2.24, 2.45) is 11.7 Å². The van der Waals surface area contributed by atoms with Gasteiger partial charge in [-0.1, -0.05) is 12.1 Å². The number of rotatable bonds is 7. The second-order valence-electron chi connectivity index (χ2n) is 6.10. The molecule has 27 heavy (non-hydrogen) atoms. The Labute approximate surface area is 154 Å². The molecule has 0 aliphatic carbocycles. The first-order chi connectivity index (χ1) is 13.0. The number of halogens is 1. The highest BCUT2D eigenvalue weighted by atomic mass is 19.1. The minimum atomic E-state index is -0.611. The van der Waals surface area contributed by atoms with Crippen LogP contribution in [0.15, 0.2) is 54.7 Å². The Morgan fingerprint density at radius 1 is 1.22 bits per heavy atom. The van der Waals surface area contributed by atoms with Crippen molar-refractivity contribution in [3.8, 4) is 0 Å². The van der Waals surface area contributed by atoms with Crippen LogP contribution in [0.1, 0.15) is 5.56 Å². The lowest BCUT2D eigenvalue weighted by Crippen LogP contribution is -2.31. The quantitative estimate of drug-likeness (QED) is 0.492. The van der Waals surface area contributed by atoms with Crippen LogP contribution in [-0.4, -0.2) is 22.4 Å². The Bertz CT molecular complexity index is 992. The summed E-state index contributed by atoms with van der Waals surface area (Å²) in [4.78, 5) is 27.0. The normalized spacial score (nSPS) is 11.9. The largest absolute Gasteiger partial charge is 0.379 e. The van der Waals surface area contributed by atoms with Gasteiger partial charge in [0.15, 0.2) is 0 Å². The first-order valence-electron chi connectivity index (χ1n) is 8.25. The number of nitro groups is 1. The number of carbonyl (C=O) groups is 1. The standard InChI is InChI=1S/C19H17FN4O3/c20-14-5-3-12(4-6-14)10-13(19(21)25)11-23-17-8-7-16-15(2-1-9-22-16)18(17)24(26)27/h1-9,13,23H,10-11H2,(H2,21,25). The molecule has 0 aliphatic heterocycles. The molecule has 0 aliphatic rings. The maximum atomic E-state index is 13.0. The number of benzene rings is 2. The Morgan fingerprint density at radius 2 is 1.96 bits per heavy atom. The maximum absolute atomic E-state index is 13.0. The van der Waals surface area contributed by atoms with Crippen LogP contribution in [0.4, 0.5) is 15.8 Å². The van der Waals surface area contributed by atoms with Crippen LogP contribution in [0, 0.1) is 21.8 Å². The van der Waals surface area contributed by atoms with Crippen molar-refractivity contribution >= 4 is 28.2 Å². The zero-order chi connectivity index (χ0) is 19.4. The molecule has 0 saturated carbocycles. The summed E-state index contributed by atoms with van der Waals surface area (Å²) in [5.74, 6) is -1.52. The van der Waals surface area contributed by atoms with Crippen LogP contribution < -0.4 is 11.1 Å². The van der Waals surface area contributed by atoms with E-state index in [0.29, 0.717) is 17.3 Å². The number of fused-ring (bicyclic) bond motifs is 1. The molecule has 1 atom stereocenters. The van der Waals surface area contributed by atoms with Crippen LogP contribution in [0.2, 0.25) is 0 Å². The topological polar surface area (TPSA) is 111 Å². The Hall–Kier alpha value is -3.55. The fourth-order valence-corrected chi connectivity index (χ4v) is 2.89. The molecule has 3 N–H and O–H groups in total. The second-order valence-corrected chi connectivity index (χ2v) is 6.10. The molecule has 3 rings (SSSR count). The number of pyridine rings is 1. The number of carbonyl (C=O) groups excluding carboxylic acids is 1. The SMILES string of the molecule is NC(=O)C(CNc1ccc2ncccc2c1[N+](=O)[O-])Cc1ccc(F)cc1. The molecular weight excluding hydrogens is 351 g/mol. The molecule has 1 aromatic heterocycles. The third kappa shape index (κ3) is 4.17.